The lowest BCUT2D eigenvalue weighted by molar-refractivity contribution is -0.137. The first-order valence-corrected chi connectivity index (χ1v) is 11.2. The normalized spacial score (nSPS) is 32.0. The number of amidine groups is 1. The number of benzene rings is 1. The first-order valence-electron chi connectivity index (χ1n) is 11.2. The molecule has 10 heteroatoms. The van der Waals surface area contributed by atoms with Gasteiger partial charge in [-0.2, -0.15) is 13.2 Å². The zero-order valence-corrected chi connectivity index (χ0v) is 19.0. The van der Waals surface area contributed by atoms with Gasteiger partial charge in [-0.25, -0.2) is 4.99 Å². The van der Waals surface area contributed by atoms with Crippen molar-refractivity contribution in [2.24, 2.45) is 22.1 Å². The molecule has 2 heterocycles. The number of hydrogen-bond acceptors (Lipinski definition) is 5. The molecule has 1 aromatic carbocycles. The number of fused-ring (bicyclic) bond motifs is 3. The molecule has 1 aromatic heterocycles. The minimum Gasteiger partial charge on any atom is -0.476 e. The summed E-state index contributed by atoms with van der Waals surface area (Å²) in [5, 5.41) is -1.72. The average molecular weight is 465 g/mol. The molecule has 2 aliphatic carbocycles. The third kappa shape index (κ3) is 3.21. The fraction of sp³-hybridized carbons (Fsp3) is 0.500. The standard InChI is InChI=1S/C24H24B2F3N3O2/c1-13-9-21(6-5-19(13)33-2)10-15-4-3-14(16-7-17(12-31-11-16)23(27,28)29)8-18(15)22(21)24(25,26)34-20(30)32-22/h3-4,7-8,11-13,19H,5-6,9-10H2,1-2H3,(H2,30,32)/t13-,19-,21-,22-/m0/s1. The van der Waals surface area contributed by atoms with Gasteiger partial charge in [0.15, 0.2) is 0 Å². The quantitative estimate of drug-likeness (QED) is 0.688. The second kappa shape index (κ2) is 7.51. The number of methoxy groups -OCH3 is 1. The van der Waals surface area contributed by atoms with Gasteiger partial charge >= 0.3 is 6.18 Å². The van der Waals surface area contributed by atoms with Crippen molar-refractivity contribution in [1.82, 2.24) is 4.98 Å². The predicted molar refractivity (Wildman–Crippen MR) is 123 cm³/mol. The van der Waals surface area contributed by atoms with E-state index in [1.165, 1.54) is 6.20 Å². The van der Waals surface area contributed by atoms with E-state index in [1.54, 1.807) is 13.2 Å². The smallest absolute Gasteiger partial charge is 0.417 e. The summed E-state index contributed by atoms with van der Waals surface area (Å²) < 4.78 is 51.2. The molecule has 34 heavy (non-hydrogen) atoms. The number of rotatable bonds is 2. The maximum atomic E-state index is 13.3. The highest BCUT2D eigenvalue weighted by atomic mass is 19.4. The second-order valence-corrected chi connectivity index (χ2v) is 9.84. The van der Waals surface area contributed by atoms with E-state index in [0.717, 1.165) is 42.7 Å². The number of aliphatic imine (C=N–C) groups is 1. The number of aromatic nitrogens is 1. The van der Waals surface area contributed by atoms with Gasteiger partial charge in [0.1, 0.15) is 21.2 Å². The summed E-state index contributed by atoms with van der Waals surface area (Å²) in [6.45, 7) is 2.13. The highest BCUT2D eigenvalue weighted by Gasteiger charge is 2.68. The van der Waals surface area contributed by atoms with Gasteiger partial charge in [-0.15, -0.1) is 0 Å². The molecule has 2 aromatic rings. The van der Waals surface area contributed by atoms with Crippen molar-refractivity contribution in [3.05, 3.63) is 53.3 Å². The van der Waals surface area contributed by atoms with Crippen LogP contribution in [0.1, 0.15) is 42.9 Å². The van der Waals surface area contributed by atoms with Gasteiger partial charge in [-0.1, -0.05) is 19.1 Å². The summed E-state index contributed by atoms with van der Waals surface area (Å²) in [5.74, 6) is 0.213. The first-order chi connectivity index (χ1) is 15.9. The van der Waals surface area contributed by atoms with Gasteiger partial charge in [-0.3, -0.25) is 4.98 Å². The third-order valence-electron chi connectivity index (χ3n) is 7.87. The Morgan fingerprint density at radius 3 is 2.56 bits per heavy atom. The fourth-order valence-corrected chi connectivity index (χ4v) is 6.50. The Morgan fingerprint density at radius 1 is 1.18 bits per heavy atom. The van der Waals surface area contributed by atoms with Gasteiger partial charge in [0.05, 0.1) is 17.1 Å². The lowest BCUT2D eigenvalue weighted by Gasteiger charge is -2.53. The van der Waals surface area contributed by atoms with E-state index < -0.39 is 28.1 Å². The van der Waals surface area contributed by atoms with E-state index in [2.05, 4.69) is 11.9 Å². The summed E-state index contributed by atoms with van der Waals surface area (Å²) in [4.78, 5) is 8.56. The predicted octanol–water partition coefficient (Wildman–Crippen LogP) is 3.68. The highest BCUT2D eigenvalue weighted by molar-refractivity contribution is 6.41. The van der Waals surface area contributed by atoms with Crippen LogP contribution < -0.4 is 5.73 Å². The van der Waals surface area contributed by atoms with Crippen molar-refractivity contribution in [3.8, 4) is 11.1 Å². The van der Waals surface area contributed by atoms with E-state index >= 15 is 0 Å². The Morgan fingerprint density at radius 2 is 1.94 bits per heavy atom. The van der Waals surface area contributed by atoms with Crippen molar-refractivity contribution in [2.75, 3.05) is 7.11 Å². The maximum Gasteiger partial charge on any atom is 0.417 e. The van der Waals surface area contributed by atoms with Crippen LogP contribution in [-0.2, 0) is 27.6 Å². The molecule has 2 spiro atoms. The SMILES string of the molecule is [B]C1([B])OC(N)=N[C@]12c1cc(-c3cncc(C(F)(F)F)c3)ccc1C[C@@]21CC[C@H](OC)[C@@H](C)C1. The van der Waals surface area contributed by atoms with E-state index in [4.69, 9.17) is 35.9 Å². The second-order valence-electron chi connectivity index (χ2n) is 9.84. The topological polar surface area (TPSA) is 69.7 Å². The van der Waals surface area contributed by atoms with Gasteiger partial charge in [0, 0.05) is 30.5 Å². The lowest BCUT2D eigenvalue weighted by atomic mass is 9.44. The Balaban J connectivity index is 1.67. The van der Waals surface area contributed by atoms with Crippen LogP contribution >= 0.6 is 0 Å². The van der Waals surface area contributed by atoms with Crippen LogP contribution in [0.4, 0.5) is 13.2 Å². The largest absolute Gasteiger partial charge is 0.476 e. The van der Waals surface area contributed by atoms with Crippen LogP contribution in [0, 0.1) is 11.3 Å². The molecule has 2 N–H and O–H groups in total. The van der Waals surface area contributed by atoms with Crippen molar-refractivity contribution < 1.29 is 22.6 Å². The number of nitrogens with zero attached hydrogens (tertiary/aromatic N) is 2. The molecule has 4 radical (unpaired) electrons. The third-order valence-corrected chi connectivity index (χ3v) is 7.87. The van der Waals surface area contributed by atoms with Crippen LogP contribution in [0.5, 0.6) is 0 Å². The number of nitrogens with two attached hydrogens (primary N) is 1. The minimum atomic E-state index is -4.50. The molecule has 3 aliphatic rings. The van der Waals surface area contributed by atoms with E-state index in [9.17, 15) is 13.2 Å². The molecule has 4 atom stereocenters. The minimum absolute atomic E-state index is 0.0927. The van der Waals surface area contributed by atoms with E-state index in [0.29, 0.717) is 17.5 Å². The molecular weight excluding hydrogens is 441 g/mol. The van der Waals surface area contributed by atoms with Gasteiger partial charge in [0.25, 0.3) is 6.02 Å². The van der Waals surface area contributed by atoms with Crippen molar-refractivity contribution in [1.29, 1.82) is 0 Å². The van der Waals surface area contributed by atoms with Crippen LogP contribution in [0.2, 0.25) is 0 Å². The zero-order chi connectivity index (χ0) is 24.5. The fourth-order valence-electron chi connectivity index (χ4n) is 6.50. The summed E-state index contributed by atoms with van der Waals surface area (Å²) >= 11 is 0. The molecule has 1 fully saturated rings. The van der Waals surface area contributed by atoms with Crippen LogP contribution in [-0.4, -0.2) is 45.3 Å². The van der Waals surface area contributed by atoms with Gasteiger partial charge in [-0.05, 0) is 60.4 Å². The molecule has 1 saturated carbocycles. The number of alkyl halides is 3. The Hall–Kier alpha value is -2.48. The maximum absolute atomic E-state index is 13.3. The number of pyridine rings is 1. The average Bonchev–Trinajstić information content (AvgIpc) is 3.17. The molecule has 0 bridgehead atoms. The molecule has 0 amide bonds. The lowest BCUT2D eigenvalue weighted by Crippen LogP contribution is -2.60. The highest BCUT2D eigenvalue weighted by Crippen LogP contribution is 2.65. The molecule has 1 aliphatic heterocycles. The Labute approximate surface area is 199 Å². The van der Waals surface area contributed by atoms with Crippen LogP contribution in [0.25, 0.3) is 11.1 Å². The van der Waals surface area contributed by atoms with Gasteiger partial charge < -0.3 is 15.2 Å². The molecule has 174 valence electrons. The van der Waals surface area contributed by atoms with E-state index in [1.807, 2.05) is 12.1 Å². The first kappa shape index (κ1) is 23.3. The summed E-state index contributed by atoms with van der Waals surface area (Å²) in [5.41, 5.74) is 6.16. The molecule has 5 nitrogen and oxygen atoms in total. The molecule has 5 rings (SSSR count). The van der Waals surface area contributed by atoms with Crippen LogP contribution in [0.3, 0.4) is 0 Å². The number of halogens is 3. The Bertz CT molecular complexity index is 1170. The molecule has 0 saturated heterocycles. The van der Waals surface area contributed by atoms with Crippen molar-refractivity contribution >= 4 is 21.7 Å². The monoisotopic (exact) mass is 465 g/mol. The zero-order valence-electron chi connectivity index (χ0n) is 19.0. The summed E-state index contributed by atoms with van der Waals surface area (Å²) in [6.07, 6.45) is 0.738. The van der Waals surface area contributed by atoms with E-state index in [-0.39, 0.29) is 18.0 Å². The van der Waals surface area contributed by atoms with Crippen LogP contribution in [0.15, 0.2) is 41.7 Å². The molecular formula is C24H24B2F3N3O2. The number of ether oxygens (including phenoxy) is 2. The molecule has 0 unspecified atom stereocenters. The summed E-state index contributed by atoms with van der Waals surface area (Å²) in [7, 11) is 14.9. The van der Waals surface area contributed by atoms with Crippen molar-refractivity contribution in [2.45, 2.75) is 55.8 Å². The number of hydrogen-bond donors (Lipinski definition) is 1. The Kier molecular flexibility index (Phi) is 5.14. The van der Waals surface area contributed by atoms with Gasteiger partial charge in [0.2, 0.25) is 0 Å². The van der Waals surface area contributed by atoms with Crippen molar-refractivity contribution in [3.63, 3.8) is 0 Å². The summed E-state index contributed by atoms with van der Waals surface area (Å²) in [6, 6.07) is 6.51.